The molecular formula is C27H34FN7. The van der Waals surface area contributed by atoms with E-state index in [0.29, 0.717) is 28.3 Å². The number of halogens is 1. The van der Waals surface area contributed by atoms with Gasteiger partial charge in [0.1, 0.15) is 5.82 Å². The van der Waals surface area contributed by atoms with Crippen LogP contribution in [0.2, 0.25) is 0 Å². The van der Waals surface area contributed by atoms with Gasteiger partial charge in [-0.15, -0.1) is 0 Å². The van der Waals surface area contributed by atoms with Gasteiger partial charge in [0.15, 0.2) is 5.82 Å². The van der Waals surface area contributed by atoms with Gasteiger partial charge in [0.25, 0.3) is 0 Å². The maximum Gasteiger partial charge on any atom is 0.162 e. The maximum absolute atomic E-state index is 15.1. The summed E-state index contributed by atoms with van der Waals surface area (Å²) < 4.78 is 16.8. The molecule has 0 aliphatic carbocycles. The molecule has 1 aromatic carbocycles. The second kappa shape index (κ2) is 9.87. The molecule has 2 aliphatic heterocycles. The van der Waals surface area contributed by atoms with Gasteiger partial charge in [0.05, 0.1) is 11.7 Å². The Morgan fingerprint density at radius 3 is 2.54 bits per heavy atom. The van der Waals surface area contributed by atoms with Crippen molar-refractivity contribution in [1.82, 2.24) is 29.5 Å². The van der Waals surface area contributed by atoms with Crippen molar-refractivity contribution in [3.8, 4) is 11.1 Å². The Bertz CT molecular complexity index is 1250. The van der Waals surface area contributed by atoms with E-state index < -0.39 is 0 Å². The number of rotatable bonds is 5. The van der Waals surface area contributed by atoms with Gasteiger partial charge >= 0.3 is 0 Å². The van der Waals surface area contributed by atoms with Crippen LogP contribution in [0.25, 0.3) is 28.2 Å². The first-order chi connectivity index (χ1) is 17.0. The van der Waals surface area contributed by atoms with Crippen LogP contribution in [0.5, 0.6) is 0 Å². The summed E-state index contributed by atoms with van der Waals surface area (Å²) in [4.78, 5) is 16.1. The third kappa shape index (κ3) is 4.60. The minimum Gasteiger partial charge on any atom is -0.374 e. The third-order valence-electron chi connectivity index (χ3n) is 7.57. The van der Waals surface area contributed by atoms with E-state index >= 15 is 4.39 Å². The molecule has 35 heavy (non-hydrogen) atoms. The number of piperazine rings is 1. The number of fused-ring (bicyclic) bond motifs is 1. The SMILES string of the molecule is C=Nc1c(-c2ccnc3ccc(C)c(F)c23)cnn1/C=C(\C)N1CCC(N2CCN(C)CC2)CC1. The number of aryl methyl sites for hydroxylation is 1. The van der Waals surface area contributed by atoms with Crippen LogP contribution in [0.15, 0.2) is 41.3 Å². The first-order valence-corrected chi connectivity index (χ1v) is 12.4. The quantitative estimate of drug-likeness (QED) is 0.512. The Labute approximate surface area is 206 Å². The summed E-state index contributed by atoms with van der Waals surface area (Å²) >= 11 is 0. The van der Waals surface area contributed by atoms with E-state index in [-0.39, 0.29) is 5.82 Å². The van der Waals surface area contributed by atoms with Gasteiger partial charge in [0, 0.05) is 79.9 Å². The number of aliphatic imine (C=N–C) groups is 1. The lowest BCUT2D eigenvalue weighted by Crippen LogP contribution is -2.52. The summed E-state index contributed by atoms with van der Waals surface area (Å²) in [6, 6.07) is 6.09. The van der Waals surface area contributed by atoms with Crippen molar-refractivity contribution in [3.63, 3.8) is 0 Å². The third-order valence-corrected chi connectivity index (χ3v) is 7.57. The fourth-order valence-corrected chi connectivity index (χ4v) is 5.36. The number of likely N-dealkylation sites (N-methyl/N-ethyl adjacent to an activating group) is 1. The van der Waals surface area contributed by atoms with Crippen LogP contribution in [0.4, 0.5) is 10.2 Å². The molecule has 0 radical (unpaired) electrons. The van der Waals surface area contributed by atoms with E-state index in [9.17, 15) is 0 Å². The normalized spacial score (nSPS) is 19.0. The number of aromatic nitrogens is 3. The Morgan fingerprint density at radius 2 is 1.83 bits per heavy atom. The monoisotopic (exact) mass is 475 g/mol. The highest BCUT2D eigenvalue weighted by atomic mass is 19.1. The van der Waals surface area contributed by atoms with Crippen LogP contribution in [0.1, 0.15) is 25.3 Å². The summed E-state index contributed by atoms with van der Waals surface area (Å²) in [6.07, 6.45) is 7.79. The predicted molar refractivity (Wildman–Crippen MR) is 140 cm³/mol. The van der Waals surface area contributed by atoms with Gasteiger partial charge in [-0.2, -0.15) is 5.10 Å². The van der Waals surface area contributed by atoms with Crippen LogP contribution in [0, 0.1) is 12.7 Å². The van der Waals surface area contributed by atoms with E-state index in [1.807, 2.05) is 18.3 Å². The molecule has 0 N–H and O–H groups in total. The summed E-state index contributed by atoms with van der Waals surface area (Å²) in [5.41, 5.74) is 3.81. The lowest BCUT2D eigenvalue weighted by Gasteiger charge is -2.42. The van der Waals surface area contributed by atoms with Gasteiger partial charge in [-0.1, -0.05) is 6.07 Å². The minimum absolute atomic E-state index is 0.261. The fraction of sp³-hybridized carbons (Fsp3) is 0.444. The van der Waals surface area contributed by atoms with Gasteiger partial charge in [-0.25, -0.2) is 14.1 Å². The van der Waals surface area contributed by atoms with Gasteiger partial charge in [0.2, 0.25) is 0 Å². The predicted octanol–water partition coefficient (Wildman–Crippen LogP) is 4.41. The number of benzene rings is 1. The Kier molecular flexibility index (Phi) is 6.67. The summed E-state index contributed by atoms with van der Waals surface area (Å²) in [6.45, 7) is 14.4. The fourth-order valence-electron chi connectivity index (χ4n) is 5.36. The number of nitrogens with zero attached hydrogens (tertiary/aromatic N) is 7. The molecular weight excluding hydrogens is 441 g/mol. The molecule has 2 fully saturated rings. The molecule has 0 spiro atoms. The Balaban J connectivity index is 1.37. The molecule has 2 aromatic heterocycles. The van der Waals surface area contributed by atoms with Crippen molar-refractivity contribution in [2.75, 3.05) is 46.3 Å². The average Bonchev–Trinajstić information content (AvgIpc) is 3.28. The second-order valence-electron chi connectivity index (χ2n) is 9.76. The van der Waals surface area contributed by atoms with Crippen LogP contribution >= 0.6 is 0 Å². The number of piperidine rings is 1. The van der Waals surface area contributed by atoms with E-state index in [1.165, 1.54) is 25.9 Å². The molecule has 5 rings (SSSR count). The highest BCUT2D eigenvalue weighted by Gasteiger charge is 2.27. The number of hydrogen-bond donors (Lipinski definition) is 0. The van der Waals surface area contributed by atoms with Crippen LogP contribution in [0.3, 0.4) is 0 Å². The van der Waals surface area contributed by atoms with Crippen molar-refractivity contribution in [2.45, 2.75) is 32.7 Å². The lowest BCUT2D eigenvalue weighted by atomic mass is 10.0. The summed E-state index contributed by atoms with van der Waals surface area (Å²) in [5.74, 6) is 0.341. The van der Waals surface area contributed by atoms with Gasteiger partial charge < -0.3 is 9.80 Å². The summed E-state index contributed by atoms with van der Waals surface area (Å²) in [5, 5.41) is 5.07. The van der Waals surface area contributed by atoms with E-state index in [4.69, 9.17) is 0 Å². The Hall–Kier alpha value is -3.10. The first-order valence-electron chi connectivity index (χ1n) is 12.4. The van der Waals surface area contributed by atoms with Crippen molar-refractivity contribution in [3.05, 3.63) is 47.7 Å². The lowest BCUT2D eigenvalue weighted by molar-refractivity contribution is 0.0759. The molecule has 2 aliphatic rings. The number of hydrogen-bond acceptors (Lipinski definition) is 6. The van der Waals surface area contributed by atoms with E-state index in [0.717, 1.165) is 43.0 Å². The molecule has 2 saturated heterocycles. The zero-order valence-corrected chi connectivity index (χ0v) is 20.9. The molecule has 184 valence electrons. The molecule has 4 heterocycles. The number of likely N-dealkylation sites (tertiary alicyclic amines) is 1. The zero-order chi connectivity index (χ0) is 24.5. The minimum atomic E-state index is -0.261. The molecule has 0 unspecified atom stereocenters. The van der Waals surface area contributed by atoms with Crippen molar-refractivity contribution < 1.29 is 4.39 Å². The Morgan fingerprint density at radius 1 is 1.09 bits per heavy atom. The van der Waals surface area contributed by atoms with E-state index in [1.54, 1.807) is 30.1 Å². The molecule has 0 bridgehead atoms. The maximum atomic E-state index is 15.1. The smallest absolute Gasteiger partial charge is 0.162 e. The molecule has 8 heteroatoms. The number of pyridine rings is 1. The van der Waals surface area contributed by atoms with Crippen LogP contribution in [-0.2, 0) is 0 Å². The highest BCUT2D eigenvalue weighted by molar-refractivity contribution is 5.97. The van der Waals surface area contributed by atoms with Crippen molar-refractivity contribution in [2.24, 2.45) is 4.99 Å². The number of allylic oxidation sites excluding steroid dienone is 1. The van der Waals surface area contributed by atoms with Crippen LogP contribution < -0.4 is 0 Å². The topological polar surface area (TPSA) is 52.8 Å². The zero-order valence-electron chi connectivity index (χ0n) is 20.9. The largest absolute Gasteiger partial charge is 0.374 e. The first kappa shape index (κ1) is 23.6. The van der Waals surface area contributed by atoms with E-state index in [2.05, 4.69) is 50.5 Å². The average molecular weight is 476 g/mol. The van der Waals surface area contributed by atoms with Crippen LogP contribution in [-0.4, -0.2) is 88.5 Å². The van der Waals surface area contributed by atoms with Gasteiger partial charge in [-0.05, 0) is 58.2 Å². The van der Waals surface area contributed by atoms with Gasteiger partial charge in [-0.3, -0.25) is 9.88 Å². The van der Waals surface area contributed by atoms with Crippen molar-refractivity contribution in [1.29, 1.82) is 0 Å². The molecule has 0 atom stereocenters. The standard InChI is InChI=1S/C27H34FN7/c1-19-5-6-24-25(26(19)28)22(7-10-30-24)23-17-31-35(27(23)29-3)18-20(2)33-11-8-21(9-12-33)34-15-13-32(4)14-16-34/h5-7,10,17-18,21H,3,8-9,11-16H2,1-2,4H3/b20-18+. The second-order valence-corrected chi connectivity index (χ2v) is 9.76. The highest BCUT2D eigenvalue weighted by Crippen LogP contribution is 2.36. The molecule has 0 amide bonds. The summed E-state index contributed by atoms with van der Waals surface area (Å²) in [7, 11) is 2.20. The van der Waals surface area contributed by atoms with Crippen molar-refractivity contribution >= 4 is 29.6 Å². The molecule has 7 nitrogen and oxygen atoms in total. The molecule has 0 saturated carbocycles. The molecule has 3 aromatic rings.